The number of hydrogen-bond acceptors (Lipinski definition) is 3. The van der Waals surface area contributed by atoms with Gasteiger partial charge in [0.05, 0.1) is 11.6 Å². The molecule has 166 valence electrons. The number of halogens is 1. The highest BCUT2D eigenvalue weighted by atomic mass is 35.5. The number of carboxylic acid groups (broad SMARTS) is 1. The second kappa shape index (κ2) is 9.42. The molecule has 6 heteroatoms. The molecule has 1 aromatic carbocycles. The first-order chi connectivity index (χ1) is 13.8. The van der Waals surface area contributed by atoms with Crippen LogP contribution in [0, 0.1) is 10.8 Å². The van der Waals surface area contributed by atoms with Crippen LogP contribution in [0.3, 0.4) is 0 Å². The number of aliphatic carboxylic acids is 1. The lowest BCUT2D eigenvalue weighted by atomic mass is 9.73. The van der Waals surface area contributed by atoms with Gasteiger partial charge in [-0.25, -0.2) is 0 Å². The topological polar surface area (TPSA) is 66.8 Å². The average molecular weight is 436 g/mol. The standard InChI is InChI=1S/C24H34ClNO4/c1-23(2,3)15-30-20-10-9-16(12-19(20)25)17-13-21(27)26(11-7-8-22(28)29)14-18(17)24(4,5)6/h9-10,12,14,17H,7-8,11,13,15H2,1-6H3,(H,28,29). The van der Waals surface area contributed by atoms with Gasteiger partial charge >= 0.3 is 5.97 Å². The van der Waals surface area contributed by atoms with Crippen molar-refractivity contribution in [1.82, 2.24) is 4.90 Å². The summed E-state index contributed by atoms with van der Waals surface area (Å²) >= 11 is 6.51. The van der Waals surface area contributed by atoms with Crippen LogP contribution in [0.5, 0.6) is 5.75 Å². The monoisotopic (exact) mass is 435 g/mol. The molecule has 0 radical (unpaired) electrons. The summed E-state index contributed by atoms with van der Waals surface area (Å²) in [5, 5.41) is 9.41. The molecule has 1 atom stereocenters. The van der Waals surface area contributed by atoms with Crippen LogP contribution >= 0.6 is 11.6 Å². The van der Waals surface area contributed by atoms with Gasteiger partial charge in [0.25, 0.3) is 0 Å². The van der Waals surface area contributed by atoms with Crippen molar-refractivity contribution < 1.29 is 19.4 Å². The molecular formula is C24H34ClNO4. The molecule has 0 aromatic heterocycles. The van der Waals surface area contributed by atoms with E-state index in [1.54, 1.807) is 4.90 Å². The van der Waals surface area contributed by atoms with Crippen LogP contribution in [0.15, 0.2) is 30.0 Å². The molecule has 0 saturated carbocycles. The van der Waals surface area contributed by atoms with E-state index in [-0.39, 0.29) is 29.1 Å². The van der Waals surface area contributed by atoms with E-state index in [4.69, 9.17) is 21.4 Å². The van der Waals surface area contributed by atoms with E-state index in [1.807, 2.05) is 24.4 Å². The Labute approximate surface area is 185 Å². The molecule has 1 N–H and O–H groups in total. The number of carbonyl (C=O) groups is 2. The molecule has 30 heavy (non-hydrogen) atoms. The van der Waals surface area contributed by atoms with E-state index in [0.29, 0.717) is 36.8 Å². The minimum Gasteiger partial charge on any atom is -0.491 e. The van der Waals surface area contributed by atoms with Gasteiger partial charge < -0.3 is 14.7 Å². The number of nitrogens with zero attached hydrogens (tertiary/aromatic N) is 1. The van der Waals surface area contributed by atoms with Crippen LogP contribution in [0.4, 0.5) is 0 Å². The van der Waals surface area contributed by atoms with Gasteiger partial charge in [-0.3, -0.25) is 9.59 Å². The molecule has 1 unspecified atom stereocenters. The molecular weight excluding hydrogens is 402 g/mol. The van der Waals surface area contributed by atoms with Crippen molar-refractivity contribution in [2.75, 3.05) is 13.2 Å². The fourth-order valence-electron chi connectivity index (χ4n) is 3.48. The van der Waals surface area contributed by atoms with Gasteiger partial charge in [0, 0.05) is 31.5 Å². The zero-order chi connectivity index (χ0) is 22.7. The lowest BCUT2D eigenvalue weighted by Crippen LogP contribution is -2.36. The Balaban J connectivity index is 2.28. The lowest BCUT2D eigenvalue weighted by Gasteiger charge is -2.37. The van der Waals surface area contributed by atoms with E-state index in [2.05, 4.69) is 41.5 Å². The molecule has 0 bridgehead atoms. The molecule has 1 heterocycles. The quantitative estimate of drug-likeness (QED) is 0.581. The Bertz CT molecular complexity index is 817. The Morgan fingerprint density at radius 3 is 2.43 bits per heavy atom. The molecule has 1 aliphatic heterocycles. The van der Waals surface area contributed by atoms with Crippen LogP contribution in [0.2, 0.25) is 5.02 Å². The van der Waals surface area contributed by atoms with Crippen LogP contribution in [-0.4, -0.2) is 35.0 Å². The van der Waals surface area contributed by atoms with Gasteiger partial charge in [-0.1, -0.05) is 59.2 Å². The summed E-state index contributed by atoms with van der Waals surface area (Å²) in [6.45, 7) is 13.7. The third kappa shape index (κ3) is 6.76. The maximum atomic E-state index is 12.8. The zero-order valence-electron chi connectivity index (χ0n) is 18.9. The third-order valence-corrected chi connectivity index (χ3v) is 5.34. The van der Waals surface area contributed by atoms with Crippen molar-refractivity contribution in [3.05, 3.63) is 40.6 Å². The lowest BCUT2D eigenvalue weighted by molar-refractivity contribution is -0.138. The molecule has 0 fully saturated rings. The first-order valence-corrected chi connectivity index (χ1v) is 10.8. The normalized spacial score (nSPS) is 17.7. The summed E-state index contributed by atoms with van der Waals surface area (Å²) in [6.07, 6.45) is 2.74. The molecule has 2 rings (SSSR count). The maximum Gasteiger partial charge on any atom is 0.303 e. The molecule has 5 nitrogen and oxygen atoms in total. The maximum absolute atomic E-state index is 12.8. The van der Waals surface area contributed by atoms with E-state index in [9.17, 15) is 9.59 Å². The van der Waals surface area contributed by atoms with Crippen molar-refractivity contribution in [1.29, 1.82) is 0 Å². The summed E-state index contributed by atoms with van der Waals surface area (Å²) in [6, 6.07) is 5.77. The van der Waals surface area contributed by atoms with Crippen molar-refractivity contribution in [2.45, 2.75) is 66.7 Å². The zero-order valence-corrected chi connectivity index (χ0v) is 19.7. The van der Waals surface area contributed by atoms with Crippen LogP contribution in [-0.2, 0) is 9.59 Å². The number of carbonyl (C=O) groups excluding carboxylic acids is 1. The molecule has 1 amide bonds. The summed E-state index contributed by atoms with van der Waals surface area (Å²) in [7, 11) is 0. The van der Waals surface area contributed by atoms with Gasteiger partial charge in [-0.2, -0.15) is 0 Å². The molecule has 1 aliphatic rings. The number of allylic oxidation sites excluding steroid dienone is 1. The molecule has 0 saturated heterocycles. The van der Waals surface area contributed by atoms with Gasteiger partial charge in [0.15, 0.2) is 0 Å². The fourth-order valence-corrected chi connectivity index (χ4v) is 3.72. The first-order valence-electron chi connectivity index (χ1n) is 10.4. The number of ether oxygens (including phenoxy) is 1. The van der Waals surface area contributed by atoms with Crippen molar-refractivity contribution in [3.63, 3.8) is 0 Å². The molecule has 0 spiro atoms. The minimum atomic E-state index is -0.847. The number of rotatable bonds is 7. The van der Waals surface area contributed by atoms with Gasteiger partial charge in [-0.05, 0) is 40.5 Å². The Morgan fingerprint density at radius 1 is 1.23 bits per heavy atom. The van der Waals surface area contributed by atoms with Crippen LogP contribution < -0.4 is 4.74 Å². The van der Waals surface area contributed by atoms with Crippen LogP contribution in [0.1, 0.15) is 72.3 Å². The summed E-state index contributed by atoms with van der Waals surface area (Å²) in [5.74, 6) is -0.264. The van der Waals surface area contributed by atoms with Crippen molar-refractivity contribution in [2.24, 2.45) is 10.8 Å². The first kappa shape index (κ1) is 24.3. The van der Waals surface area contributed by atoms with Gasteiger partial charge in [0.2, 0.25) is 5.91 Å². The fraction of sp³-hybridized carbons (Fsp3) is 0.583. The highest BCUT2D eigenvalue weighted by molar-refractivity contribution is 6.32. The number of amides is 1. The number of carboxylic acids is 1. The van der Waals surface area contributed by atoms with E-state index < -0.39 is 5.97 Å². The molecule has 0 aliphatic carbocycles. The predicted molar refractivity (Wildman–Crippen MR) is 120 cm³/mol. The molecule has 1 aromatic rings. The summed E-state index contributed by atoms with van der Waals surface area (Å²) < 4.78 is 5.87. The Morgan fingerprint density at radius 2 is 1.90 bits per heavy atom. The van der Waals surface area contributed by atoms with Gasteiger partial charge in [0.1, 0.15) is 5.75 Å². The van der Waals surface area contributed by atoms with E-state index in [1.165, 1.54) is 0 Å². The second-order valence-corrected chi connectivity index (χ2v) is 10.6. The van der Waals surface area contributed by atoms with Crippen molar-refractivity contribution in [3.8, 4) is 5.75 Å². The van der Waals surface area contributed by atoms with E-state index >= 15 is 0 Å². The third-order valence-electron chi connectivity index (χ3n) is 5.04. The SMILES string of the molecule is CC(C)(C)COc1ccc(C2CC(=O)N(CCCC(=O)O)C=C2C(C)(C)C)cc1Cl. The summed E-state index contributed by atoms with van der Waals surface area (Å²) in [4.78, 5) is 25.2. The predicted octanol–water partition coefficient (Wildman–Crippen LogP) is 5.88. The average Bonchev–Trinajstić information content (AvgIpc) is 2.59. The number of hydrogen-bond donors (Lipinski definition) is 1. The van der Waals surface area contributed by atoms with Crippen molar-refractivity contribution >= 4 is 23.5 Å². The van der Waals surface area contributed by atoms with Crippen LogP contribution in [0.25, 0.3) is 0 Å². The largest absolute Gasteiger partial charge is 0.491 e. The van der Waals surface area contributed by atoms with Gasteiger partial charge in [-0.15, -0.1) is 0 Å². The Hall–Kier alpha value is -2.01. The highest BCUT2D eigenvalue weighted by Gasteiger charge is 2.34. The van der Waals surface area contributed by atoms with E-state index in [0.717, 1.165) is 11.1 Å². The number of benzene rings is 1. The smallest absolute Gasteiger partial charge is 0.303 e. The second-order valence-electron chi connectivity index (χ2n) is 10.2. The summed E-state index contributed by atoms with van der Waals surface area (Å²) in [5.41, 5.74) is 2.01. The highest BCUT2D eigenvalue weighted by Crippen LogP contribution is 2.44. The Kier molecular flexibility index (Phi) is 7.62. The minimum absolute atomic E-state index is 0.00238.